The summed E-state index contributed by atoms with van der Waals surface area (Å²) in [6, 6.07) is 7.38. The molecule has 0 radical (unpaired) electrons. The lowest BCUT2D eigenvalue weighted by atomic mass is 10.1. The minimum Gasteiger partial charge on any atom is -0.368 e. The highest BCUT2D eigenvalue weighted by molar-refractivity contribution is 5.81. The van der Waals surface area contributed by atoms with E-state index in [2.05, 4.69) is 21.6 Å². The Morgan fingerprint density at radius 1 is 0.929 bits per heavy atom. The molecule has 2 heterocycles. The van der Waals surface area contributed by atoms with E-state index in [0.717, 1.165) is 64.1 Å². The van der Waals surface area contributed by atoms with Crippen LogP contribution in [0.4, 0.5) is 10.1 Å². The van der Waals surface area contributed by atoms with Gasteiger partial charge in [0, 0.05) is 64.1 Å². The third-order valence-corrected chi connectivity index (χ3v) is 6.88. The van der Waals surface area contributed by atoms with Crippen molar-refractivity contribution in [1.29, 1.82) is 0 Å². The second-order valence-electron chi connectivity index (χ2n) is 8.47. The van der Waals surface area contributed by atoms with E-state index in [0.29, 0.717) is 0 Å². The predicted molar refractivity (Wildman–Crippen MR) is 110 cm³/mol. The lowest BCUT2D eigenvalue weighted by molar-refractivity contribution is -0.137. The summed E-state index contributed by atoms with van der Waals surface area (Å²) in [6.07, 6.45) is 5.47. The van der Waals surface area contributed by atoms with Gasteiger partial charge in [-0.15, -0.1) is 0 Å². The van der Waals surface area contributed by atoms with Crippen LogP contribution in [0.5, 0.6) is 0 Å². The van der Waals surface area contributed by atoms with Gasteiger partial charge in [0.05, 0.1) is 6.04 Å². The highest BCUT2D eigenvalue weighted by Gasteiger charge is 2.32. The van der Waals surface area contributed by atoms with Crippen LogP contribution in [0, 0.1) is 5.82 Å². The fourth-order valence-corrected chi connectivity index (χ4v) is 5.02. The zero-order valence-electron chi connectivity index (χ0n) is 17.0. The maximum Gasteiger partial charge on any atom is 0.239 e. The van der Waals surface area contributed by atoms with Crippen molar-refractivity contribution in [1.82, 2.24) is 14.7 Å². The Labute approximate surface area is 168 Å². The van der Waals surface area contributed by atoms with E-state index >= 15 is 0 Å². The van der Waals surface area contributed by atoms with Crippen LogP contribution in [0.2, 0.25) is 0 Å². The van der Waals surface area contributed by atoms with E-state index in [9.17, 15) is 9.18 Å². The number of amides is 1. The predicted octanol–water partition coefficient (Wildman–Crippen LogP) is 2.42. The Morgan fingerprint density at radius 3 is 2.14 bits per heavy atom. The molecule has 5 nitrogen and oxygen atoms in total. The third kappa shape index (κ3) is 4.33. The number of hydrogen-bond acceptors (Lipinski definition) is 4. The second-order valence-corrected chi connectivity index (χ2v) is 8.47. The maximum absolute atomic E-state index is 13.1. The summed E-state index contributed by atoms with van der Waals surface area (Å²) in [4.78, 5) is 22.3. The molecule has 0 spiro atoms. The first-order valence-electron chi connectivity index (χ1n) is 10.9. The van der Waals surface area contributed by atoms with Crippen LogP contribution in [0.1, 0.15) is 32.6 Å². The molecule has 6 heteroatoms. The molecule has 28 heavy (non-hydrogen) atoms. The van der Waals surface area contributed by atoms with E-state index in [1.54, 1.807) is 0 Å². The summed E-state index contributed by atoms with van der Waals surface area (Å²) >= 11 is 0. The van der Waals surface area contributed by atoms with E-state index in [1.165, 1.54) is 37.8 Å². The van der Waals surface area contributed by atoms with Crippen LogP contribution in [0.3, 0.4) is 0 Å². The van der Waals surface area contributed by atoms with Crippen molar-refractivity contribution in [3.05, 3.63) is 30.1 Å². The molecular weight excluding hydrogens is 355 g/mol. The van der Waals surface area contributed by atoms with Gasteiger partial charge in [-0.3, -0.25) is 14.6 Å². The number of carbonyl (C=O) groups excluding carboxylic acids is 1. The number of hydrogen-bond donors (Lipinski definition) is 0. The number of rotatable bonds is 4. The third-order valence-electron chi connectivity index (χ3n) is 6.88. The molecule has 1 saturated carbocycles. The fourth-order valence-electron chi connectivity index (χ4n) is 5.02. The Hall–Kier alpha value is -1.66. The van der Waals surface area contributed by atoms with Gasteiger partial charge in [0.1, 0.15) is 5.82 Å². The van der Waals surface area contributed by atoms with Gasteiger partial charge in [-0.2, -0.15) is 0 Å². The molecule has 3 fully saturated rings. The van der Waals surface area contributed by atoms with Crippen molar-refractivity contribution in [3.63, 3.8) is 0 Å². The first-order valence-corrected chi connectivity index (χ1v) is 10.9. The smallest absolute Gasteiger partial charge is 0.239 e. The lowest BCUT2D eigenvalue weighted by Gasteiger charge is -2.42. The zero-order chi connectivity index (χ0) is 19.5. The molecule has 1 atom stereocenters. The van der Waals surface area contributed by atoms with Crippen LogP contribution < -0.4 is 4.90 Å². The van der Waals surface area contributed by atoms with Crippen LogP contribution in [-0.2, 0) is 4.79 Å². The summed E-state index contributed by atoms with van der Waals surface area (Å²) in [6.45, 7) is 9.35. The molecule has 1 unspecified atom stereocenters. The van der Waals surface area contributed by atoms with Crippen molar-refractivity contribution in [3.8, 4) is 0 Å². The van der Waals surface area contributed by atoms with E-state index in [4.69, 9.17) is 0 Å². The van der Waals surface area contributed by atoms with Gasteiger partial charge in [0.25, 0.3) is 0 Å². The van der Waals surface area contributed by atoms with E-state index < -0.39 is 0 Å². The zero-order valence-corrected chi connectivity index (χ0v) is 17.0. The summed E-state index contributed by atoms with van der Waals surface area (Å²) in [5.74, 6) is 0.0486. The van der Waals surface area contributed by atoms with Gasteiger partial charge in [-0.1, -0.05) is 12.8 Å². The summed E-state index contributed by atoms with van der Waals surface area (Å²) in [7, 11) is 0. The number of anilines is 1. The summed E-state index contributed by atoms with van der Waals surface area (Å²) in [5.41, 5.74) is 1.03. The molecule has 1 amide bonds. The van der Waals surface area contributed by atoms with Crippen LogP contribution in [0.15, 0.2) is 24.3 Å². The van der Waals surface area contributed by atoms with Crippen molar-refractivity contribution in [2.24, 2.45) is 0 Å². The largest absolute Gasteiger partial charge is 0.368 e. The SMILES string of the molecule is CC(C(=O)N1CCN(c2ccc(F)cc2)CC1)N1CCN(C2CCCC2)CC1. The Kier molecular flexibility index (Phi) is 6.16. The Balaban J connectivity index is 1.25. The normalized spacial score (nSPS) is 23.9. The highest BCUT2D eigenvalue weighted by Crippen LogP contribution is 2.25. The van der Waals surface area contributed by atoms with Gasteiger partial charge in [-0.05, 0) is 44.0 Å². The number of halogens is 1. The molecule has 2 saturated heterocycles. The summed E-state index contributed by atoms with van der Waals surface area (Å²) < 4.78 is 13.1. The molecular formula is C22H33FN4O. The molecule has 4 rings (SSSR count). The van der Waals surface area contributed by atoms with Crippen molar-refractivity contribution in [2.75, 3.05) is 57.3 Å². The topological polar surface area (TPSA) is 30.0 Å². The summed E-state index contributed by atoms with van der Waals surface area (Å²) in [5, 5.41) is 0. The minimum absolute atomic E-state index is 0.0388. The molecule has 0 N–H and O–H groups in total. The van der Waals surface area contributed by atoms with E-state index in [-0.39, 0.29) is 17.8 Å². The number of carbonyl (C=O) groups is 1. The van der Waals surface area contributed by atoms with Crippen molar-refractivity contribution < 1.29 is 9.18 Å². The molecule has 1 aromatic rings. The quantitative estimate of drug-likeness (QED) is 0.793. The number of benzene rings is 1. The molecule has 154 valence electrons. The Morgan fingerprint density at radius 2 is 1.54 bits per heavy atom. The molecule has 1 aromatic carbocycles. The molecule has 2 aliphatic heterocycles. The standard InChI is InChI=1S/C22H33FN4O/c1-18(24-10-12-25(13-11-24)20-4-2-3-5-20)22(28)27-16-14-26(15-17-27)21-8-6-19(23)7-9-21/h6-9,18,20H,2-5,10-17H2,1H3. The van der Waals surface area contributed by atoms with Gasteiger partial charge >= 0.3 is 0 Å². The first-order chi connectivity index (χ1) is 13.6. The fraction of sp³-hybridized carbons (Fsp3) is 0.682. The highest BCUT2D eigenvalue weighted by atomic mass is 19.1. The van der Waals surface area contributed by atoms with Crippen LogP contribution in [0.25, 0.3) is 0 Å². The lowest BCUT2D eigenvalue weighted by Crippen LogP contribution is -2.58. The van der Waals surface area contributed by atoms with Crippen molar-refractivity contribution >= 4 is 11.6 Å². The van der Waals surface area contributed by atoms with Gasteiger partial charge in [0.2, 0.25) is 5.91 Å². The van der Waals surface area contributed by atoms with Gasteiger partial charge in [-0.25, -0.2) is 4.39 Å². The van der Waals surface area contributed by atoms with E-state index in [1.807, 2.05) is 17.0 Å². The van der Waals surface area contributed by atoms with Crippen LogP contribution in [-0.4, -0.2) is 85.0 Å². The molecule has 0 bridgehead atoms. The molecule has 3 aliphatic rings. The average molecular weight is 389 g/mol. The van der Waals surface area contributed by atoms with Crippen LogP contribution >= 0.6 is 0 Å². The van der Waals surface area contributed by atoms with Gasteiger partial charge < -0.3 is 9.80 Å². The second kappa shape index (κ2) is 8.78. The number of nitrogens with zero attached hydrogens (tertiary/aromatic N) is 4. The van der Waals surface area contributed by atoms with Gasteiger partial charge in [0.15, 0.2) is 0 Å². The monoisotopic (exact) mass is 388 g/mol. The first kappa shape index (κ1) is 19.6. The Bertz CT molecular complexity index is 645. The maximum atomic E-state index is 13.1. The minimum atomic E-state index is -0.209. The average Bonchev–Trinajstić information content (AvgIpc) is 3.28. The molecule has 1 aliphatic carbocycles. The molecule has 0 aromatic heterocycles. The number of piperazine rings is 2. The van der Waals surface area contributed by atoms with Crippen molar-refractivity contribution in [2.45, 2.75) is 44.7 Å².